The molecule has 2 aromatic carbocycles. The second kappa shape index (κ2) is 7.57. The van der Waals surface area contributed by atoms with Crippen molar-refractivity contribution in [1.82, 2.24) is 5.32 Å². The van der Waals surface area contributed by atoms with Crippen LogP contribution in [0.15, 0.2) is 47.4 Å². The summed E-state index contributed by atoms with van der Waals surface area (Å²) in [4.78, 5) is 1.23. The van der Waals surface area contributed by atoms with E-state index in [1.165, 1.54) is 17.0 Å². The number of thioether (sulfide) groups is 1. The molecule has 0 aliphatic heterocycles. The lowest BCUT2D eigenvalue weighted by atomic mass is 9.99. The van der Waals surface area contributed by atoms with E-state index in [0.29, 0.717) is 12.0 Å². The minimum Gasteiger partial charge on any atom is -0.313 e. The zero-order valence-electron chi connectivity index (χ0n) is 12.2. The van der Waals surface area contributed by atoms with Gasteiger partial charge in [0.15, 0.2) is 0 Å². The van der Waals surface area contributed by atoms with Gasteiger partial charge in [-0.2, -0.15) is 0 Å². The van der Waals surface area contributed by atoms with Gasteiger partial charge in [0, 0.05) is 17.0 Å². The molecule has 1 N–H and O–H groups in total. The van der Waals surface area contributed by atoms with E-state index < -0.39 is 11.6 Å². The van der Waals surface area contributed by atoms with Gasteiger partial charge in [0.1, 0.15) is 11.6 Å². The van der Waals surface area contributed by atoms with Crippen molar-refractivity contribution >= 4 is 11.8 Å². The van der Waals surface area contributed by atoms with Gasteiger partial charge < -0.3 is 5.32 Å². The topological polar surface area (TPSA) is 12.0 Å². The highest BCUT2D eigenvalue weighted by Gasteiger charge is 2.11. The molecular weight excluding hydrogens is 288 g/mol. The zero-order chi connectivity index (χ0) is 15.2. The van der Waals surface area contributed by atoms with E-state index in [9.17, 15) is 8.78 Å². The van der Waals surface area contributed by atoms with Gasteiger partial charge in [-0.1, -0.05) is 19.1 Å². The Bertz CT molecular complexity index is 564. The highest BCUT2D eigenvalue weighted by Crippen LogP contribution is 2.23. The lowest BCUT2D eigenvalue weighted by molar-refractivity contribution is 0.562. The highest BCUT2D eigenvalue weighted by atomic mass is 32.2. The molecule has 0 heterocycles. The molecule has 112 valence electrons. The smallest absolute Gasteiger partial charge is 0.126 e. The molecule has 0 spiro atoms. The Morgan fingerprint density at radius 2 is 1.67 bits per heavy atom. The second-order valence-electron chi connectivity index (χ2n) is 4.83. The SMILES string of the molecule is CCSc1ccc(C(Cc2cc(F)cc(F)c2)NC)cc1. The Balaban J connectivity index is 2.15. The third-order valence-electron chi connectivity index (χ3n) is 3.30. The largest absolute Gasteiger partial charge is 0.313 e. The van der Waals surface area contributed by atoms with Gasteiger partial charge in [0.2, 0.25) is 0 Å². The number of hydrogen-bond donors (Lipinski definition) is 1. The van der Waals surface area contributed by atoms with Gasteiger partial charge in [-0.15, -0.1) is 11.8 Å². The van der Waals surface area contributed by atoms with Gasteiger partial charge in [0.25, 0.3) is 0 Å². The van der Waals surface area contributed by atoms with Gasteiger partial charge >= 0.3 is 0 Å². The summed E-state index contributed by atoms with van der Waals surface area (Å²) in [5.74, 6) is -0.0266. The quantitative estimate of drug-likeness (QED) is 0.784. The Hall–Kier alpha value is -1.39. The molecule has 0 aliphatic carbocycles. The first-order valence-corrected chi connectivity index (χ1v) is 7.96. The first-order chi connectivity index (χ1) is 10.1. The van der Waals surface area contributed by atoms with E-state index in [-0.39, 0.29) is 6.04 Å². The Morgan fingerprint density at radius 3 is 2.19 bits per heavy atom. The molecule has 4 heteroatoms. The fraction of sp³-hybridized carbons (Fsp3) is 0.294. The van der Waals surface area contributed by atoms with Crippen molar-refractivity contribution in [3.63, 3.8) is 0 Å². The minimum absolute atomic E-state index is 0.0341. The Morgan fingerprint density at radius 1 is 1.05 bits per heavy atom. The van der Waals surface area contributed by atoms with Crippen molar-refractivity contribution in [3.8, 4) is 0 Å². The summed E-state index contributed by atoms with van der Waals surface area (Å²) in [5, 5.41) is 3.21. The summed E-state index contributed by atoms with van der Waals surface area (Å²) < 4.78 is 26.5. The third kappa shape index (κ3) is 4.55. The first kappa shape index (κ1) is 16.0. The molecule has 0 aromatic heterocycles. The predicted molar refractivity (Wildman–Crippen MR) is 84.7 cm³/mol. The molecule has 0 saturated carbocycles. The van der Waals surface area contributed by atoms with Gasteiger partial charge in [-0.05, 0) is 54.6 Å². The highest BCUT2D eigenvalue weighted by molar-refractivity contribution is 7.99. The van der Waals surface area contributed by atoms with Crippen LogP contribution >= 0.6 is 11.8 Å². The van der Waals surface area contributed by atoms with Crippen LogP contribution in [-0.4, -0.2) is 12.8 Å². The molecular formula is C17H19F2NS. The number of halogens is 2. The molecule has 0 aliphatic rings. The Kier molecular flexibility index (Phi) is 5.76. The molecule has 1 atom stereocenters. The minimum atomic E-state index is -0.533. The van der Waals surface area contributed by atoms with Crippen LogP contribution in [0.25, 0.3) is 0 Å². The first-order valence-electron chi connectivity index (χ1n) is 6.97. The predicted octanol–water partition coefficient (Wildman–Crippen LogP) is 4.58. The normalized spacial score (nSPS) is 12.4. The monoisotopic (exact) mass is 307 g/mol. The van der Waals surface area contributed by atoms with E-state index in [1.54, 1.807) is 11.8 Å². The summed E-state index contributed by atoms with van der Waals surface area (Å²) >= 11 is 1.79. The lowest BCUT2D eigenvalue weighted by Gasteiger charge is -2.17. The molecule has 21 heavy (non-hydrogen) atoms. The van der Waals surface area contributed by atoms with E-state index in [0.717, 1.165) is 17.4 Å². The van der Waals surface area contributed by atoms with Crippen LogP contribution in [0.3, 0.4) is 0 Å². The molecule has 2 rings (SSSR count). The maximum absolute atomic E-state index is 13.3. The van der Waals surface area contributed by atoms with E-state index in [2.05, 4.69) is 36.5 Å². The third-order valence-corrected chi connectivity index (χ3v) is 4.20. The lowest BCUT2D eigenvalue weighted by Crippen LogP contribution is -2.19. The van der Waals surface area contributed by atoms with Crippen molar-refractivity contribution in [3.05, 3.63) is 65.2 Å². The number of likely N-dealkylation sites (N-methyl/N-ethyl adjacent to an activating group) is 1. The summed E-state index contributed by atoms with van der Waals surface area (Å²) in [6.45, 7) is 2.12. The molecule has 0 fully saturated rings. The second-order valence-corrected chi connectivity index (χ2v) is 6.16. The van der Waals surface area contributed by atoms with Crippen LogP contribution in [0.5, 0.6) is 0 Å². The maximum atomic E-state index is 13.3. The molecule has 1 unspecified atom stereocenters. The van der Waals surface area contributed by atoms with Gasteiger partial charge in [0.05, 0.1) is 0 Å². The number of benzene rings is 2. The molecule has 0 amide bonds. The van der Waals surface area contributed by atoms with E-state index >= 15 is 0 Å². The van der Waals surface area contributed by atoms with Crippen molar-refractivity contribution in [2.45, 2.75) is 24.3 Å². The molecule has 0 bridgehead atoms. The summed E-state index contributed by atoms with van der Waals surface area (Å²) in [7, 11) is 1.86. The Labute approximate surface area is 128 Å². The van der Waals surface area contributed by atoms with Crippen molar-refractivity contribution < 1.29 is 8.78 Å². The van der Waals surface area contributed by atoms with Crippen LogP contribution in [0.4, 0.5) is 8.78 Å². The van der Waals surface area contributed by atoms with Crippen LogP contribution in [-0.2, 0) is 6.42 Å². The van der Waals surface area contributed by atoms with Crippen molar-refractivity contribution in [2.75, 3.05) is 12.8 Å². The number of hydrogen-bond acceptors (Lipinski definition) is 2. The zero-order valence-corrected chi connectivity index (χ0v) is 13.0. The molecule has 1 nitrogen and oxygen atoms in total. The number of rotatable bonds is 6. The fourth-order valence-corrected chi connectivity index (χ4v) is 2.98. The summed E-state index contributed by atoms with van der Waals surface area (Å²) in [5.41, 5.74) is 1.77. The van der Waals surface area contributed by atoms with Crippen LogP contribution in [0, 0.1) is 11.6 Å². The molecule has 2 aromatic rings. The summed E-state index contributed by atoms with van der Waals surface area (Å²) in [6.07, 6.45) is 0.547. The van der Waals surface area contributed by atoms with E-state index in [1.807, 2.05) is 7.05 Å². The van der Waals surface area contributed by atoms with Crippen molar-refractivity contribution in [1.29, 1.82) is 0 Å². The standard InChI is InChI=1S/C17H19F2NS/c1-3-21-16-6-4-13(5-7-16)17(20-2)10-12-8-14(18)11-15(19)9-12/h4-9,11,17,20H,3,10H2,1-2H3. The average Bonchev–Trinajstić information content (AvgIpc) is 2.45. The number of nitrogens with one attached hydrogen (secondary N) is 1. The fourth-order valence-electron chi connectivity index (χ4n) is 2.31. The van der Waals surface area contributed by atoms with Gasteiger partial charge in [-0.25, -0.2) is 8.78 Å². The molecule has 0 radical (unpaired) electrons. The van der Waals surface area contributed by atoms with Crippen LogP contribution in [0.2, 0.25) is 0 Å². The molecule has 0 saturated heterocycles. The van der Waals surface area contributed by atoms with Gasteiger partial charge in [-0.3, -0.25) is 0 Å². The van der Waals surface area contributed by atoms with E-state index in [4.69, 9.17) is 0 Å². The van der Waals surface area contributed by atoms with Crippen LogP contribution < -0.4 is 5.32 Å². The summed E-state index contributed by atoms with van der Waals surface area (Å²) in [6, 6.07) is 12.0. The van der Waals surface area contributed by atoms with Crippen molar-refractivity contribution in [2.24, 2.45) is 0 Å². The maximum Gasteiger partial charge on any atom is 0.126 e. The average molecular weight is 307 g/mol. The van der Waals surface area contributed by atoms with Crippen LogP contribution in [0.1, 0.15) is 24.1 Å².